The van der Waals surface area contributed by atoms with Crippen molar-refractivity contribution in [3.63, 3.8) is 0 Å². The Bertz CT molecular complexity index is 5390. The van der Waals surface area contributed by atoms with Gasteiger partial charge in [-0.3, -0.25) is 39.1 Å². The van der Waals surface area contributed by atoms with Gasteiger partial charge in [0.05, 0.1) is 167 Å². The first-order chi connectivity index (χ1) is 58.5. The maximum absolute atomic E-state index is 14.8. The van der Waals surface area contributed by atoms with Crippen molar-refractivity contribution in [2.75, 3.05) is 47.4 Å². The summed E-state index contributed by atoms with van der Waals surface area (Å²) in [4.78, 5) is 110. The number of halogens is 2. The van der Waals surface area contributed by atoms with Gasteiger partial charge in [-0.15, -0.1) is 4.80 Å². The predicted molar refractivity (Wildman–Crippen MR) is 442 cm³/mol. The number of nitrogens with one attached hydrogen (secondary N) is 4. The molecule has 4 saturated carbocycles. The Morgan fingerprint density at radius 3 is 1.05 bits per heavy atom. The van der Waals surface area contributed by atoms with Gasteiger partial charge in [0.25, 0.3) is 23.6 Å². The number of anilines is 4. The molecule has 8 aromatic heterocycles. The molecule has 12 fully saturated rings. The average Bonchev–Trinajstić information content (AvgIpc) is 0.883. The van der Waals surface area contributed by atoms with Crippen molar-refractivity contribution in [2.24, 2.45) is 23.7 Å². The third kappa shape index (κ3) is 17.1. The molecule has 12 atom stereocenters. The van der Waals surface area contributed by atoms with E-state index in [0.29, 0.717) is 70.8 Å². The Balaban J connectivity index is 0.000000114. The fourth-order valence-corrected chi connectivity index (χ4v) is 18.8. The number of fused-ring (bicyclic) bond motifs is 12. The number of carbonyl (C=O) groups is 4. The maximum Gasteiger partial charge on any atom is 0.256 e. The molecule has 33 heteroatoms. The smallest absolute Gasteiger partial charge is 0.256 e. The van der Waals surface area contributed by atoms with Gasteiger partial charge in [-0.2, -0.15) is 40.2 Å². The van der Waals surface area contributed by atoms with Gasteiger partial charge in [0.15, 0.2) is 11.6 Å². The normalized spacial score (nSPS) is 22.8. The van der Waals surface area contributed by atoms with Crippen LogP contribution in [0.5, 0.6) is 0 Å². The molecule has 614 valence electrons. The van der Waals surface area contributed by atoms with Gasteiger partial charge in [-0.05, 0) is 189 Å². The highest BCUT2D eigenvalue weighted by molar-refractivity contribution is 6.01. The van der Waals surface area contributed by atoms with E-state index in [4.69, 9.17) is 0 Å². The molecule has 12 aliphatic rings. The average molecular weight is 1620 g/mol. The lowest BCUT2D eigenvalue weighted by atomic mass is 9.76. The summed E-state index contributed by atoms with van der Waals surface area (Å²) < 4.78 is 29.4. The number of benzene rings is 4. The van der Waals surface area contributed by atoms with Gasteiger partial charge in [-0.1, -0.05) is 36.4 Å². The van der Waals surface area contributed by atoms with E-state index in [9.17, 15) is 28.0 Å². The minimum Gasteiger partial charge on any atom is -0.364 e. The van der Waals surface area contributed by atoms with E-state index in [-0.39, 0.29) is 94.6 Å². The van der Waals surface area contributed by atoms with Gasteiger partial charge in [0.2, 0.25) is 0 Å². The first-order valence-electron chi connectivity index (χ1n) is 41.1. The van der Waals surface area contributed by atoms with E-state index in [0.717, 1.165) is 136 Å². The number of nitrogens with zero attached hydrogens (tertiary/aromatic N) is 23. The zero-order valence-electron chi connectivity index (χ0n) is 67.2. The number of piperidine rings is 8. The Labute approximate surface area is 691 Å². The highest BCUT2D eigenvalue weighted by Crippen LogP contribution is 2.43. The molecule has 4 N–H and O–H groups in total. The molecule has 4 aromatic carbocycles. The van der Waals surface area contributed by atoms with E-state index < -0.39 is 11.6 Å². The summed E-state index contributed by atoms with van der Waals surface area (Å²) >= 11 is 0. The molecule has 8 saturated heterocycles. The fourth-order valence-electron chi connectivity index (χ4n) is 18.8. The van der Waals surface area contributed by atoms with Crippen LogP contribution in [0, 0.1) is 69.9 Å². The van der Waals surface area contributed by atoms with Crippen LogP contribution in [0.4, 0.5) is 32.1 Å². The molecule has 0 spiro atoms. The number of carbonyl (C=O) groups excluding carboxylic acids is 4. The van der Waals surface area contributed by atoms with E-state index >= 15 is 0 Å². The van der Waals surface area contributed by atoms with Crippen LogP contribution < -0.4 is 21.3 Å². The van der Waals surface area contributed by atoms with Gasteiger partial charge >= 0.3 is 0 Å². The van der Waals surface area contributed by atoms with Crippen LogP contribution in [0.1, 0.15) is 147 Å². The van der Waals surface area contributed by atoms with Crippen molar-refractivity contribution < 1.29 is 28.0 Å². The minimum absolute atomic E-state index is 0.00676. The number of para-hydroxylation sites is 3. The number of hydrogen-bond donors (Lipinski definition) is 4. The second-order valence-corrected chi connectivity index (χ2v) is 32.3. The Hall–Kier alpha value is -13.4. The predicted octanol–water partition coefficient (Wildman–Crippen LogP) is 11.3. The van der Waals surface area contributed by atoms with Crippen LogP contribution in [0.3, 0.4) is 0 Å². The standard InChI is InChI=1S/C23H23FN6O.C22H25N7O.C21H22FN7O.C21H23N7O/c1-14-11-28-20(12-27-14)29-18-10-15-6-7-19(18)30(13-15)23(31)16-4-2-5-17(24)21(16)22-25-8-3-9-26-22;1-14-4-3-5-17(21(14)29-25-8-9-26-29)22(30)28-13-16-6-7-19(28)18(10-16)27-20-12-23-15(2)11-24-20;1-13-10-24-19(11-23-13)27-17-9-14-5-6-18(17)28(12-14)21(30)15-3-2-4-16(22)20(15)29-25-7-8-26-29;1-14-11-23-20(12-22-14)26-17-10-15-6-7-19(17)27(13-15)21(29)16-4-2-3-5-18(16)28-24-8-9-25-28/h2-5,8-9,11-12,15,18-19H,6-7,10,13H2,1H3,(H,28,29);3-5,8-9,11-12,16,18-19H,6-7,10,13H2,1-2H3,(H,24,27);2-4,7-8,10-11,14,17-18H,5-6,9,12H2,1H3,(H,24,27);2-5,8-9,11-12,15,17,19H,6-7,10,13H2,1H3,(H,23,26). The molecule has 31 nitrogen and oxygen atoms in total. The highest BCUT2D eigenvalue weighted by Gasteiger charge is 2.48. The van der Waals surface area contributed by atoms with Crippen LogP contribution in [0.25, 0.3) is 28.5 Å². The molecule has 16 heterocycles. The monoisotopic (exact) mass is 1620 g/mol. The zero-order chi connectivity index (χ0) is 82.5. The number of aromatic nitrogens is 19. The topological polar surface area (TPSA) is 350 Å². The fraction of sp³-hybridized carbons (Fsp3) is 0.379. The summed E-state index contributed by atoms with van der Waals surface area (Å²) in [5, 5.41) is 39.0. The van der Waals surface area contributed by atoms with E-state index in [2.05, 4.69) is 102 Å². The third-order valence-electron chi connectivity index (χ3n) is 24.3. The first-order valence-corrected chi connectivity index (χ1v) is 41.1. The number of hydrogen-bond acceptors (Lipinski definition) is 24. The number of aryl methyl sites for hydroxylation is 5. The van der Waals surface area contributed by atoms with Crippen molar-refractivity contribution in [2.45, 2.75) is 160 Å². The van der Waals surface area contributed by atoms with Gasteiger partial charge in [-0.25, -0.2) is 38.7 Å². The van der Waals surface area contributed by atoms with Crippen molar-refractivity contribution in [3.8, 4) is 28.5 Å². The number of rotatable bonds is 16. The number of amides is 4. The van der Waals surface area contributed by atoms with Crippen LogP contribution in [0.15, 0.2) is 184 Å². The van der Waals surface area contributed by atoms with Crippen LogP contribution in [0.2, 0.25) is 0 Å². The second kappa shape index (κ2) is 35.1. The first kappa shape index (κ1) is 79.1. The largest absolute Gasteiger partial charge is 0.364 e. The summed E-state index contributed by atoms with van der Waals surface area (Å²) in [6, 6.07) is 24.9. The van der Waals surface area contributed by atoms with Crippen molar-refractivity contribution in [1.29, 1.82) is 0 Å². The molecule has 0 radical (unpaired) electrons. The molecule has 120 heavy (non-hydrogen) atoms. The van der Waals surface area contributed by atoms with E-state index in [1.165, 1.54) is 34.1 Å². The second-order valence-electron chi connectivity index (χ2n) is 32.3. The Morgan fingerprint density at radius 2 is 0.658 bits per heavy atom. The minimum atomic E-state index is -0.524. The van der Waals surface area contributed by atoms with E-state index in [1.54, 1.807) is 122 Å². The van der Waals surface area contributed by atoms with Crippen LogP contribution in [-0.2, 0) is 0 Å². The lowest BCUT2D eigenvalue weighted by molar-refractivity contribution is 0.0277. The maximum atomic E-state index is 14.8. The molecule has 8 aliphatic heterocycles. The molecular formula is C87H93F2N27O4. The molecule has 12 aromatic rings. The lowest BCUT2D eigenvalue weighted by Crippen LogP contribution is -2.59. The molecule has 8 bridgehead atoms. The van der Waals surface area contributed by atoms with Crippen molar-refractivity contribution in [3.05, 3.63) is 246 Å². The van der Waals surface area contributed by atoms with Crippen molar-refractivity contribution >= 4 is 46.9 Å². The van der Waals surface area contributed by atoms with Gasteiger partial charge in [0, 0.05) is 62.7 Å². The van der Waals surface area contributed by atoms with Crippen LogP contribution in [-0.4, -0.2) is 213 Å². The molecule has 4 aliphatic carbocycles. The van der Waals surface area contributed by atoms with Gasteiger partial charge < -0.3 is 40.9 Å². The van der Waals surface area contributed by atoms with Crippen LogP contribution >= 0.6 is 0 Å². The molecule has 24 rings (SSSR count). The quantitative estimate of drug-likeness (QED) is 0.0698. The molecule has 12 unspecified atom stereocenters. The lowest BCUT2D eigenvalue weighted by Gasteiger charge is -2.50. The SMILES string of the molecule is Cc1cnc(NC2CC3CCC2N(C(=O)c2cccc(C)c2-n2nccn2)C3)cn1.Cc1cnc(NC2CC3CCC2N(C(=O)c2cccc(F)c2-c2ncccn2)C3)cn1.Cc1cnc(NC2CC3CCC2N(C(=O)c2cccc(F)c2-n2nccn2)C3)cn1.Cc1cnc(NC2CC3CCC2N(C(=O)c2ccccc2-n2nccn2)C3)cn1. The summed E-state index contributed by atoms with van der Waals surface area (Å²) in [6.07, 6.45) is 38.8. The molecule has 4 amide bonds. The van der Waals surface area contributed by atoms with Crippen molar-refractivity contribution in [1.82, 2.24) is 114 Å². The zero-order valence-corrected chi connectivity index (χ0v) is 67.2. The Kier molecular flexibility index (Phi) is 23.1. The van der Waals surface area contributed by atoms with Gasteiger partial charge in [0.1, 0.15) is 40.5 Å². The Morgan fingerprint density at radius 1 is 0.325 bits per heavy atom. The summed E-state index contributed by atoms with van der Waals surface area (Å²) in [5.74, 6) is 3.63. The summed E-state index contributed by atoms with van der Waals surface area (Å²) in [6.45, 7) is 12.6. The third-order valence-corrected chi connectivity index (χ3v) is 24.3. The molecular weight excluding hydrogens is 1530 g/mol. The summed E-state index contributed by atoms with van der Waals surface area (Å²) in [7, 11) is 0. The summed E-state index contributed by atoms with van der Waals surface area (Å²) in [5.41, 5.74) is 8.01. The van der Waals surface area contributed by atoms with E-state index in [1.807, 2.05) is 96.7 Å². The highest BCUT2D eigenvalue weighted by atomic mass is 19.1.